The SMILES string of the molecule is CN=C(NCc1ccc(F)cc1)NC1CCN(c2ccc(C)cc2)C1.I. The minimum atomic E-state index is -0.214. The summed E-state index contributed by atoms with van der Waals surface area (Å²) in [7, 11) is 1.77. The fourth-order valence-electron chi connectivity index (χ4n) is 3.04. The van der Waals surface area contributed by atoms with E-state index in [0.29, 0.717) is 12.6 Å². The fourth-order valence-corrected chi connectivity index (χ4v) is 3.04. The zero-order valence-electron chi connectivity index (χ0n) is 15.2. The second-order valence-electron chi connectivity index (χ2n) is 6.46. The molecule has 2 aromatic rings. The molecular weight excluding hydrogens is 442 g/mol. The van der Waals surface area contributed by atoms with Crippen LogP contribution in [0.15, 0.2) is 53.5 Å². The smallest absolute Gasteiger partial charge is 0.191 e. The van der Waals surface area contributed by atoms with Gasteiger partial charge in [0.05, 0.1) is 0 Å². The topological polar surface area (TPSA) is 39.7 Å². The van der Waals surface area contributed by atoms with Crippen LogP contribution in [-0.4, -0.2) is 32.1 Å². The molecular formula is C20H26FIN4. The van der Waals surface area contributed by atoms with E-state index in [9.17, 15) is 4.39 Å². The van der Waals surface area contributed by atoms with Crippen molar-refractivity contribution >= 4 is 35.6 Å². The maximum atomic E-state index is 13.0. The Bertz CT molecular complexity index is 716. The molecule has 0 radical (unpaired) electrons. The van der Waals surface area contributed by atoms with Gasteiger partial charge in [0, 0.05) is 38.4 Å². The monoisotopic (exact) mass is 468 g/mol. The van der Waals surface area contributed by atoms with Gasteiger partial charge in [0.15, 0.2) is 5.96 Å². The Kier molecular flexibility index (Phi) is 7.68. The van der Waals surface area contributed by atoms with Crippen molar-refractivity contribution in [2.45, 2.75) is 25.9 Å². The summed E-state index contributed by atoms with van der Waals surface area (Å²) in [4.78, 5) is 6.69. The van der Waals surface area contributed by atoms with Crippen molar-refractivity contribution in [2.75, 3.05) is 25.0 Å². The summed E-state index contributed by atoms with van der Waals surface area (Å²) < 4.78 is 13.0. The molecule has 1 aliphatic rings. The normalized spacial score (nSPS) is 17.0. The van der Waals surface area contributed by atoms with Gasteiger partial charge < -0.3 is 15.5 Å². The second kappa shape index (κ2) is 9.75. The first kappa shape index (κ1) is 20.5. The van der Waals surface area contributed by atoms with Gasteiger partial charge in [-0.15, -0.1) is 24.0 Å². The van der Waals surface area contributed by atoms with Crippen LogP contribution in [0.3, 0.4) is 0 Å². The van der Waals surface area contributed by atoms with Gasteiger partial charge in [-0.3, -0.25) is 4.99 Å². The van der Waals surface area contributed by atoms with Crippen molar-refractivity contribution in [1.82, 2.24) is 10.6 Å². The summed E-state index contributed by atoms with van der Waals surface area (Å²) in [6.45, 7) is 4.72. The van der Waals surface area contributed by atoms with Crippen LogP contribution in [0, 0.1) is 12.7 Å². The van der Waals surface area contributed by atoms with Gasteiger partial charge in [0.2, 0.25) is 0 Å². The van der Waals surface area contributed by atoms with E-state index in [1.54, 1.807) is 19.2 Å². The van der Waals surface area contributed by atoms with Crippen LogP contribution < -0.4 is 15.5 Å². The molecule has 0 aliphatic carbocycles. The Labute approximate surface area is 171 Å². The maximum absolute atomic E-state index is 13.0. The molecule has 0 bridgehead atoms. The summed E-state index contributed by atoms with van der Waals surface area (Å²) in [6.07, 6.45) is 1.07. The first-order valence-electron chi connectivity index (χ1n) is 8.67. The predicted molar refractivity (Wildman–Crippen MR) is 117 cm³/mol. The van der Waals surface area contributed by atoms with E-state index < -0.39 is 0 Å². The van der Waals surface area contributed by atoms with Crippen LogP contribution in [0.1, 0.15) is 17.5 Å². The quantitative estimate of drug-likeness (QED) is 0.409. The lowest BCUT2D eigenvalue weighted by Crippen LogP contribution is -2.44. The van der Waals surface area contributed by atoms with Gasteiger partial charge in [-0.25, -0.2) is 4.39 Å². The van der Waals surface area contributed by atoms with Crippen molar-refractivity contribution in [2.24, 2.45) is 4.99 Å². The molecule has 26 heavy (non-hydrogen) atoms. The average Bonchev–Trinajstić information content (AvgIpc) is 3.09. The highest BCUT2D eigenvalue weighted by Crippen LogP contribution is 2.20. The number of aliphatic imine (C=N–C) groups is 1. The summed E-state index contributed by atoms with van der Waals surface area (Å²) in [5.41, 5.74) is 3.57. The minimum Gasteiger partial charge on any atom is -0.369 e. The molecule has 0 spiro atoms. The Balaban J connectivity index is 0.00000243. The zero-order chi connectivity index (χ0) is 17.6. The van der Waals surface area contributed by atoms with Crippen molar-refractivity contribution < 1.29 is 4.39 Å². The number of hydrogen-bond donors (Lipinski definition) is 2. The van der Waals surface area contributed by atoms with Crippen LogP contribution in [0.4, 0.5) is 10.1 Å². The number of rotatable bonds is 4. The molecule has 1 fully saturated rings. The van der Waals surface area contributed by atoms with Crippen molar-refractivity contribution in [1.29, 1.82) is 0 Å². The van der Waals surface area contributed by atoms with E-state index in [1.165, 1.54) is 23.4 Å². The van der Waals surface area contributed by atoms with Gasteiger partial charge in [-0.1, -0.05) is 29.8 Å². The number of guanidine groups is 1. The molecule has 1 saturated heterocycles. The Morgan fingerprint density at radius 1 is 1.15 bits per heavy atom. The third-order valence-corrected chi connectivity index (χ3v) is 4.53. The lowest BCUT2D eigenvalue weighted by Gasteiger charge is -2.20. The van der Waals surface area contributed by atoms with Crippen LogP contribution in [0.5, 0.6) is 0 Å². The third kappa shape index (κ3) is 5.59. The summed E-state index contributed by atoms with van der Waals surface area (Å²) in [6, 6.07) is 15.5. The number of nitrogens with zero attached hydrogens (tertiary/aromatic N) is 2. The van der Waals surface area contributed by atoms with E-state index in [4.69, 9.17) is 0 Å². The van der Waals surface area contributed by atoms with Crippen LogP contribution in [0.25, 0.3) is 0 Å². The van der Waals surface area contributed by atoms with Gasteiger partial charge in [0.1, 0.15) is 5.82 Å². The molecule has 3 rings (SSSR count). The molecule has 2 aromatic carbocycles. The number of halogens is 2. The number of nitrogens with one attached hydrogen (secondary N) is 2. The molecule has 0 aromatic heterocycles. The van der Waals surface area contributed by atoms with E-state index in [-0.39, 0.29) is 29.8 Å². The molecule has 1 unspecified atom stereocenters. The largest absolute Gasteiger partial charge is 0.369 e. The van der Waals surface area contributed by atoms with Crippen molar-refractivity contribution in [3.8, 4) is 0 Å². The molecule has 2 N–H and O–H groups in total. The Hall–Kier alpha value is -1.83. The summed E-state index contributed by atoms with van der Waals surface area (Å²) in [5, 5.41) is 6.77. The predicted octanol–water partition coefficient (Wildman–Crippen LogP) is 3.70. The highest BCUT2D eigenvalue weighted by Gasteiger charge is 2.23. The number of anilines is 1. The number of hydrogen-bond acceptors (Lipinski definition) is 2. The molecule has 1 aliphatic heterocycles. The van der Waals surface area contributed by atoms with Gasteiger partial charge in [-0.2, -0.15) is 0 Å². The van der Waals surface area contributed by atoms with Gasteiger partial charge in [0.25, 0.3) is 0 Å². The first-order valence-corrected chi connectivity index (χ1v) is 8.67. The number of aryl methyl sites for hydroxylation is 1. The van der Waals surface area contributed by atoms with Crippen LogP contribution in [-0.2, 0) is 6.54 Å². The fraction of sp³-hybridized carbons (Fsp3) is 0.350. The van der Waals surface area contributed by atoms with Crippen LogP contribution in [0.2, 0.25) is 0 Å². The maximum Gasteiger partial charge on any atom is 0.191 e. The van der Waals surface area contributed by atoms with E-state index in [0.717, 1.165) is 31.0 Å². The minimum absolute atomic E-state index is 0. The standard InChI is InChI=1S/C20H25FN4.HI/c1-15-3-9-19(10-4-15)25-12-11-18(14-25)24-20(22-2)23-13-16-5-7-17(21)8-6-16;/h3-10,18H,11-14H2,1-2H3,(H2,22,23,24);1H. The second-order valence-corrected chi connectivity index (χ2v) is 6.46. The third-order valence-electron chi connectivity index (χ3n) is 4.53. The molecule has 0 amide bonds. The van der Waals surface area contributed by atoms with E-state index in [1.807, 2.05) is 0 Å². The average molecular weight is 468 g/mol. The summed E-state index contributed by atoms with van der Waals surface area (Å²) in [5.74, 6) is 0.563. The summed E-state index contributed by atoms with van der Waals surface area (Å²) >= 11 is 0. The molecule has 0 saturated carbocycles. The highest BCUT2D eigenvalue weighted by molar-refractivity contribution is 14.0. The molecule has 1 atom stereocenters. The Morgan fingerprint density at radius 2 is 1.85 bits per heavy atom. The van der Waals surface area contributed by atoms with Crippen LogP contribution >= 0.6 is 24.0 Å². The number of benzene rings is 2. The van der Waals surface area contributed by atoms with Gasteiger partial charge in [-0.05, 0) is 43.2 Å². The van der Waals surface area contributed by atoms with Crippen molar-refractivity contribution in [3.63, 3.8) is 0 Å². The Morgan fingerprint density at radius 3 is 2.50 bits per heavy atom. The highest BCUT2D eigenvalue weighted by atomic mass is 127. The molecule has 140 valence electrons. The first-order chi connectivity index (χ1) is 12.1. The van der Waals surface area contributed by atoms with E-state index >= 15 is 0 Å². The molecule has 4 nitrogen and oxygen atoms in total. The van der Waals surface area contributed by atoms with Gasteiger partial charge >= 0.3 is 0 Å². The molecule has 6 heteroatoms. The van der Waals surface area contributed by atoms with E-state index in [2.05, 4.69) is 51.7 Å². The molecule has 1 heterocycles. The lowest BCUT2D eigenvalue weighted by atomic mass is 10.2. The van der Waals surface area contributed by atoms with Crippen molar-refractivity contribution in [3.05, 3.63) is 65.5 Å². The zero-order valence-corrected chi connectivity index (χ0v) is 17.5. The lowest BCUT2D eigenvalue weighted by molar-refractivity contribution is 0.626.